The number of aromatic nitrogens is 3. The maximum Gasteiger partial charge on any atom is 0.202 e. The van der Waals surface area contributed by atoms with Crippen molar-refractivity contribution in [1.82, 2.24) is 14.3 Å². The van der Waals surface area contributed by atoms with Gasteiger partial charge in [0.15, 0.2) is 11.6 Å². The van der Waals surface area contributed by atoms with E-state index in [0.29, 0.717) is 27.7 Å². The third kappa shape index (κ3) is 4.58. The highest BCUT2D eigenvalue weighted by molar-refractivity contribution is 7.71. The van der Waals surface area contributed by atoms with Gasteiger partial charge in [0.25, 0.3) is 0 Å². The lowest BCUT2D eigenvalue weighted by atomic mass is 10.1. The molecule has 7 heteroatoms. The molecule has 0 amide bonds. The molecule has 5 nitrogen and oxygen atoms in total. The molecule has 0 radical (unpaired) electrons. The van der Waals surface area contributed by atoms with Crippen LogP contribution in [-0.2, 0) is 13.2 Å². The number of benzene rings is 3. The van der Waals surface area contributed by atoms with Gasteiger partial charge in [0, 0.05) is 28.3 Å². The SMILES string of the molecule is Cc1ccc(-n2c(-c3ccccc3CO)nn(CCC(=O)c3ccc(Cl)cc3)c2=S)cc1. The number of ketones is 1. The monoisotopic (exact) mass is 463 g/mol. The highest BCUT2D eigenvalue weighted by Crippen LogP contribution is 2.26. The Kier molecular flexibility index (Phi) is 6.65. The summed E-state index contributed by atoms with van der Waals surface area (Å²) in [6.45, 7) is 2.25. The van der Waals surface area contributed by atoms with Crippen molar-refractivity contribution in [3.8, 4) is 17.1 Å². The average Bonchev–Trinajstić information content (AvgIpc) is 3.14. The molecule has 1 N–H and O–H groups in total. The number of nitrogens with zero attached hydrogens (tertiary/aromatic N) is 3. The van der Waals surface area contributed by atoms with Gasteiger partial charge in [0.1, 0.15) is 0 Å². The second-order valence-corrected chi connectivity index (χ2v) is 8.30. The normalized spacial score (nSPS) is 11.0. The van der Waals surface area contributed by atoms with Crippen LogP contribution in [0.15, 0.2) is 72.8 Å². The van der Waals surface area contributed by atoms with Crippen LogP contribution in [-0.4, -0.2) is 25.2 Å². The van der Waals surface area contributed by atoms with Crippen molar-refractivity contribution in [3.05, 3.63) is 99.3 Å². The smallest absolute Gasteiger partial charge is 0.202 e. The summed E-state index contributed by atoms with van der Waals surface area (Å²) in [5.74, 6) is 0.619. The van der Waals surface area contributed by atoms with Crippen LogP contribution < -0.4 is 0 Å². The number of carbonyl (C=O) groups is 1. The third-order valence-corrected chi connectivity index (χ3v) is 5.92. The Morgan fingerprint density at radius 1 is 1.03 bits per heavy atom. The van der Waals surface area contributed by atoms with Crippen LogP contribution in [0.3, 0.4) is 0 Å². The number of aliphatic hydroxyl groups excluding tert-OH is 1. The Morgan fingerprint density at radius 3 is 2.41 bits per heavy atom. The van der Waals surface area contributed by atoms with Crippen molar-refractivity contribution in [2.45, 2.75) is 26.5 Å². The number of rotatable bonds is 7. The number of carbonyl (C=O) groups excluding carboxylic acids is 1. The molecule has 0 saturated heterocycles. The van der Waals surface area contributed by atoms with Gasteiger partial charge in [-0.1, -0.05) is 53.6 Å². The maximum absolute atomic E-state index is 12.7. The minimum atomic E-state index is -0.112. The molecule has 3 aromatic carbocycles. The molecule has 1 heterocycles. The van der Waals surface area contributed by atoms with Crippen molar-refractivity contribution >= 4 is 29.6 Å². The zero-order chi connectivity index (χ0) is 22.7. The van der Waals surface area contributed by atoms with Gasteiger partial charge in [-0.25, -0.2) is 4.68 Å². The largest absolute Gasteiger partial charge is 0.392 e. The van der Waals surface area contributed by atoms with Gasteiger partial charge in [-0.15, -0.1) is 0 Å². The number of aryl methyl sites for hydroxylation is 2. The summed E-state index contributed by atoms with van der Waals surface area (Å²) in [4.78, 5) is 12.7. The summed E-state index contributed by atoms with van der Waals surface area (Å²) in [5.41, 5.74) is 4.16. The lowest BCUT2D eigenvalue weighted by Gasteiger charge is -2.10. The predicted molar refractivity (Wildman–Crippen MR) is 129 cm³/mol. The summed E-state index contributed by atoms with van der Waals surface area (Å²) in [5, 5.41) is 15.2. The molecule has 0 spiro atoms. The molecule has 162 valence electrons. The fourth-order valence-electron chi connectivity index (χ4n) is 3.52. The van der Waals surface area contributed by atoms with E-state index in [4.69, 9.17) is 28.9 Å². The summed E-state index contributed by atoms with van der Waals surface area (Å²) in [7, 11) is 0. The molecule has 1 aromatic heterocycles. The second kappa shape index (κ2) is 9.61. The molecule has 0 aliphatic carbocycles. The molecular weight excluding hydrogens is 442 g/mol. The molecule has 0 fully saturated rings. The fourth-order valence-corrected chi connectivity index (χ4v) is 3.97. The molecule has 0 unspecified atom stereocenters. The molecule has 4 aromatic rings. The Hall–Kier alpha value is -3.06. The van der Waals surface area contributed by atoms with Gasteiger partial charge in [-0.2, -0.15) is 5.10 Å². The van der Waals surface area contributed by atoms with Crippen LogP contribution in [0.4, 0.5) is 0 Å². The first-order valence-corrected chi connectivity index (χ1v) is 11.0. The van der Waals surface area contributed by atoms with Crippen LogP contribution in [0.25, 0.3) is 17.1 Å². The van der Waals surface area contributed by atoms with Crippen LogP contribution >= 0.6 is 23.8 Å². The van der Waals surface area contributed by atoms with E-state index in [-0.39, 0.29) is 18.8 Å². The summed E-state index contributed by atoms with van der Waals surface area (Å²) in [6, 6.07) is 22.4. The Bertz CT molecular complexity index is 1310. The number of hydrogen-bond acceptors (Lipinski definition) is 4. The zero-order valence-corrected chi connectivity index (χ0v) is 19.1. The standard InChI is InChI=1S/C25H22ClN3O2S/c1-17-6-12-21(13-7-17)29-24(22-5-3-2-4-19(22)16-30)27-28(25(29)32)15-14-23(31)18-8-10-20(26)11-9-18/h2-13,30H,14-16H2,1H3. The van der Waals surface area contributed by atoms with E-state index in [1.807, 2.05) is 60.0 Å². The van der Waals surface area contributed by atoms with E-state index in [1.165, 1.54) is 0 Å². The minimum absolute atomic E-state index is 0.00855. The van der Waals surface area contributed by atoms with Crippen LogP contribution in [0, 0.1) is 11.7 Å². The minimum Gasteiger partial charge on any atom is -0.392 e. The first kappa shape index (κ1) is 22.1. The van der Waals surface area contributed by atoms with Crippen molar-refractivity contribution < 1.29 is 9.90 Å². The Balaban J connectivity index is 1.74. The van der Waals surface area contributed by atoms with Gasteiger partial charge in [-0.3, -0.25) is 9.36 Å². The molecule has 32 heavy (non-hydrogen) atoms. The number of aliphatic hydroxyl groups is 1. The Labute approximate surface area is 196 Å². The molecule has 0 aliphatic rings. The van der Waals surface area contributed by atoms with Gasteiger partial charge < -0.3 is 5.11 Å². The van der Waals surface area contributed by atoms with E-state index in [1.54, 1.807) is 28.9 Å². The molecule has 0 atom stereocenters. The van der Waals surface area contributed by atoms with Crippen molar-refractivity contribution in [3.63, 3.8) is 0 Å². The highest BCUT2D eigenvalue weighted by Gasteiger charge is 2.18. The first-order valence-electron chi connectivity index (χ1n) is 10.2. The zero-order valence-electron chi connectivity index (χ0n) is 17.5. The van der Waals surface area contributed by atoms with Crippen LogP contribution in [0.2, 0.25) is 5.02 Å². The van der Waals surface area contributed by atoms with E-state index in [0.717, 1.165) is 22.4 Å². The highest BCUT2D eigenvalue weighted by atomic mass is 35.5. The predicted octanol–water partition coefficient (Wildman–Crippen LogP) is 5.80. The van der Waals surface area contributed by atoms with Crippen LogP contribution in [0.5, 0.6) is 0 Å². The molecule has 0 aliphatic heterocycles. The van der Waals surface area contributed by atoms with Crippen LogP contribution in [0.1, 0.15) is 27.9 Å². The summed E-state index contributed by atoms with van der Waals surface area (Å²) >= 11 is 11.7. The number of halogens is 1. The fraction of sp³-hybridized carbons (Fsp3) is 0.160. The van der Waals surface area contributed by atoms with Gasteiger partial charge in [-0.05, 0) is 61.1 Å². The molecule has 0 bridgehead atoms. The van der Waals surface area contributed by atoms with Crippen molar-refractivity contribution in [2.75, 3.05) is 0 Å². The Morgan fingerprint density at radius 2 is 1.72 bits per heavy atom. The summed E-state index contributed by atoms with van der Waals surface area (Å²) in [6.07, 6.45) is 0.252. The second-order valence-electron chi connectivity index (χ2n) is 7.50. The first-order chi connectivity index (χ1) is 15.5. The number of hydrogen-bond donors (Lipinski definition) is 1. The van der Waals surface area contributed by atoms with Gasteiger partial charge in [0.2, 0.25) is 4.77 Å². The molecule has 4 rings (SSSR count). The maximum atomic E-state index is 12.7. The van der Waals surface area contributed by atoms with Crippen molar-refractivity contribution in [1.29, 1.82) is 0 Å². The topological polar surface area (TPSA) is 60.0 Å². The molecular formula is C25H22ClN3O2S. The van der Waals surface area contributed by atoms with E-state index in [9.17, 15) is 9.90 Å². The van der Waals surface area contributed by atoms with Crippen molar-refractivity contribution in [2.24, 2.45) is 0 Å². The van der Waals surface area contributed by atoms with E-state index in [2.05, 4.69) is 0 Å². The number of Topliss-reactive ketones (excluding diaryl/α,β-unsaturated/α-hetero) is 1. The lowest BCUT2D eigenvalue weighted by molar-refractivity contribution is 0.0975. The quantitative estimate of drug-likeness (QED) is 0.278. The molecule has 0 saturated carbocycles. The van der Waals surface area contributed by atoms with E-state index < -0.39 is 0 Å². The third-order valence-electron chi connectivity index (χ3n) is 5.28. The lowest BCUT2D eigenvalue weighted by Crippen LogP contribution is -2.08. The summed E-state index contributed by atoms with van der Waals surface area (Å²) < 4.78 is 4.04. The van der Waals surface area contributed by atoms with Gasteiger partial charge >= 0.3 is 0 Å². The van der Waals surface area contributed by atoms with E-state index >= 15 is 0 Å². The van der Waals surface area contributed by atoms with Gasteiger partial charge in [0.05, 0.1) is 13.2 Å². The average molecular weight is 464 g/mol.